The number of halogens is 2. The number of amides is 1. The maximum Gasteiger partial charge on any atom is 0.341 e. The first kappa shape index (κ1) is 28.8. The summed E-state index contributed by atoms with van der Waals surface area (Å²) in [6, 6.07) is 3.10. The quantitative estimate of drug-likeness (QED) is 0.233. The van der Waals surface area contributed by atoms with E-state index in [0.29, 0.717) is 34.6 Å². The molecule has 0 spiro atoms. The Bertz CT molecular complexity index is 1290. The van der Waals surface area contributed by atoms with E-state index in [-0.39, 0.29) is 47.2 Å². The van der Waals surface area contributed by atoms with Gasteiger partial charge in [-0.05, 0) is 44.4 Å². The minimum absolute atomic E-state index is 0.0379. The lowest BCUT2D eigenvalue weighted by Gasteiger charge is -2.19. The zero-order chi connectivity index (χ0) is 28.0. The molecule has 1 aliphatic rings. The Morgan fingerprint density at radius 2 is 1.79 bits per heavy atom. The topological polar surface area (TPSA) is 109 Å². The predicted molar refractivity (Wildman–Crippen MR) is 138 cm³/mol. The number of rotatable bonds is 11. The third-order valence-electron chi connectivity index (χ3n) is 6.11. The van der Waals surface area contributed by atoms with Gasteiger partial charge in [-0.15, -0.1) is 0 Å². The van der Waals surface area contributed by atoms with E-state index in [1.807, 2.05) is 13.0 Å². The van der Waals surface area contributed by atoms with Gasteiger partial charge in [0, 0.05) is 17.5 Å². The van der Waals surface area contributed by atoms with Gasteiger partial charge in [0.15, 0.2) is 23.9 Å². The Morgan fingerprint density at radius 1 is 1.11 bits per heavy atom. The van der Waals surface area contributed by atoms with Crippen LogP contribution in [0.3, 0.4) is 0 Å². The van der Waals surface area contributed by atoms with Gasteiger partial charge in [-0.25, -0.2) is 9.18 Å². The molecule has 204 valence electrons. The predicted octanol–water partition coefficient (Wildman–Crippen LogP) is 5.13. The second-order valence-corrected chi connectivity index (χ2v) is 8.84. The molecule has 3 rings (SSSR count). The number of cyclic esters (lactones) is 1. The number of anilines is 1. The van der Waals surface area contributed by atoms with Gasteiger partial charge < -0.3 is 29.0 Å². The van der Waals surface area contributed by atoms with E-state index in [9.17, 15) is 18.8 Å². The summed E-state index contributed by atoms with van der Waals surface area (Å²) in [6.07, 6.45) is 2.51. The molecule has 2 aromatic carbocycles. The van der Waals surface area contributed by atoms with E-state index in [4.69, 9.17) is 35.3 Å². The number of carbonyl (C=O) groups is 3. The second kappa shape index (κ2) is 12.6. The van der Waals surface area contributed by atoms with Gasteiger partial charge in [0.25, 0.3) is 5.91 Å². The number of ether oxygens (including phenoxy) is 5. The molecule has 0 unspecified atom stereocenters. The maximum absolute atomic E-state index is 13.0. The highest BCUT2D eigenvalue weighted by molar-refractivity contribution is 6.34. The summed E-state index contributed by atoms with van der Waals surface area (Å²) in [5, 5.41) is 2.61. The van der Waals surface area contributed by atoms with Crippen LogP contribution >= 0.6 is 11.6 Å². The number of carbonyl (C=O) groups excluding carboxylic acids is 3. The lowest BCUT2D eigenvalue weighted by molar-refractivity contribution is -0.134. The van der Waals surface area contributed by atoms with Gasteiger partial charge in [-0.1, -0.05) is 23.3 Å². The third-order valence-corrected chi connectivity index (χ3v) is 6.47. The molecule has 0 saturated heterocycles. The molecular formula is C27H29ClFNO8. The van der Waals surface area contributed by atoms with Gasteiger partial charge in [-0.2, -0.15) is 0 Å². The van der Waals surface area contributed by atoms with E-state index >= 15 is 0 Å². The summed E-state index contributed by atoms with van der Waals surface area (Å²) in [5.74, 6) is -0.722. The van der Waals surface area contributed by atoms with Crippen LogP contribution < -0.4 is 24.3 Å². The van der Waals surface area contributed by atoms with Gasteiger partial charge in [0.05, 0.1) is 32.6 Å². The SMILES string of the molecule is COc1ccc(OC(=O)CCC(C)=CCc2c(NC(=O)CF)c3c(c(C)c2OC)COC3=O)c(Cl)c1OC. The average molecular weight is 550 g/mol. The zero-order valence-electron chi connectivity index (χ0n) is 21.8. The number of fused-ring (bicyclic) bond motifs is 1. The van der Waals surface area contributed by atoms with E-state index < -0.39 is 24.5 Å². The standard InChI is InChI=1S/C27H29ClFNO8/c1-14(7-11-21(32)38-18-9-10-19(34-3)26(36-5)23(18)28)6-8-16-24(30-20(31)12-29)22-17(13-37-27(22)33)15(2)25(16)35-4/h6,9-10H,7-8,11-13H2,1-5H3,(H,30,31). The number of benzene rings is 2. The fourth-order valence-electron chi connectivity index (χ4n) is 4.16. The number of hydrogen-bond donors (Lipinski definition) is 1. The van der Waals surface area contributed by atoms with Crippen LogP contribution in [-0.4, -0.2) is 45.8 Å². The monoisotopic (exact) mass is 549 g/mol. The summed E-state index contributed by atoms with van der Waals surface area (Å²) in [6.45, 7) is 2.41. The van der Waals surface area contributed by atoms with Gasteiger partial charge in [-0.3, -0.25) is 9.59 Å². The van der Waals surface area contributed by atoms with Crippen LogP contribution in [0.15, 0.2) is 23.8 Å². The zero-order valence-corrected chi connectivity index (χ0v) is 22.5. The summed E-state index contributed by atoms with van der Waals surface area (Å²) in [7, 11) is 4.37. The summed E-state index contributed by atoms with van der Waals surface area (Å²) >= 11 is 6.28. The minimum atomic E-state index is -1.25. The van der Waals surface area contributed by atoms with Crippen molar-refractivity contribution in [2.45, 2.75) is 39.7 Å². The molecule has 9 nitrogen and oxygen atoms in total. The molecule has 0 radical (unpaired) electrons. The number of hydrogen-bond acceptors (Lipinski definition) is 8. The molecule has 2 aromatic rings. The van der Waals surface area contributed by atoms with Crippen molar-refractivity contribution < 1.29 is 42.5 Å². The minimum Gasteiger partial charge on any atom is -0.496 e. The van der Waals surface area contributed by atoms with E-state index in [0.717, 1.165) is 5.57 Å². The first-order chi connectivity index (χ1) is 18.2. The van der Waals surface area contributed by atoms with Crippen LogP contribution in [0.25, 0.3) is 0 Å². The summed E-state index contributed by atoms with van der Waals surface area (Å²) < 4.78 is 39.6. The van der Waals surface area contributed by atoms with Crippen molar-refractivity contribution in [2.24, 2.45) is 0 Å². The normalized spacial score (nSPS) is 12.5. The third kappa shape index (κ3) is 6.02. The number of esters is 2. The lowest BCUT2D eigenvalue weighted by Crippen LogP contribution is -2.18. The van der Waals surface area contributed by atoms with Crippen molar-refractivity contribution in [3.05, 3.63) is 51.1 Å². The van der Waals surface area contributed by atoms with Gasteiger partial charge in [0.2, 0.25) is 0 Å². The molecule has 1 heterocycles. The number of nitrogens with one attached hydrogen (secondary N) is 1. The Hall–Kier alpha value is -3.79. The molecule has 0 bridgehead atoms. The van der Waals surface area contributed by atoms with Crippen molar-refractivity contribution in [3.8, 4) is 23.0 Å². The van der Waals surface area contributed by atoms with Crippen LogP contribution in [0.2, 0.25) is 5.02 Å². The Balaban J connectivity index is 1.78. The highest BCUT2D eigenvalue weighted by Crippen LogP contribution is 2.42. The molecule has 0 aromatic heterocycles. The van der Waals surface area contributed by atoms with Crippen LogP contribution in [0.4, 0.5) is 10.1 Å². The van der Waals surface area contributed by atoms with Crippen LogP contribution in [0, 0.1) is 6.92 Å². The fourth-order valence-corrected chi connectivity index (χ4v) is 4.44. The van der Waals surface area contributed by atoms with Crippen molar-refractivity contribution in [3.63, 3.8) is 0 Å². The molecule has 1 N–H and O–H groups in total. The van der Waals surface area contributed by atoms with E-state index in [1.165, 1.54) is 27.4 Å². The van der Waals surface area contributed by atoms with E-state index in [1.54, 1.807) is 13.0 Å². The number of alkyl halides is 1. The number of methoxy groups -OCH3 is 3. The van der Waals surface area contributed by atoms with Crippen molar-refractivity contribution in [1.82, 2.24) is 0 Å². The molecule has 11 heteroatoms. The maximum atomic E-state index is 13.0. The summed E-state index contributed by atoms with van der Waals surface area (Å²) in [5.41, 5.74) is 2.99. The molecule has 38 heavy (non-hydrogen) atoms. The lowest BCUT2D eigenvalue weighted by atomic mass is 9.93. The Kier molecular flexibility index (Phi) is 9.57. The highest BCUT2D eigenvalue weighted by atomic mass is 35.5. The average Bonchev–Trinajstić information content (AvgIpc) is 3.30. The highest BCUT2D eigenvalue weighted by Gasteiger charge is 2.32. The molecule has 0 aliphatic carbocycles. The van der Waals surface area contributed by atoms with Crippen molar-refractivity contribution in [1.29, 1.82) is 0 Å². The molecule has 0 saturated carbocycles. The number of allylic oxidation sites excluding steroid dienone is 2. The Labute approximate surface area is 224 Å². The summed E-state index contributed by atoms with van der Waals surface area (Å²) in [4.78, 5) is 36.8. The van der Waals surface area contributed by atoms with Crippen LogP contribution in [0.1, 0.15) is 46.8 Å². The molecule has 0 atom stereocenters. The molecule has 0 fully saturated rings. The fraction of sp³-hybridized carbons (Fsp3) is 0.370. The first-order valence-corrected chi connectivity index (χ1v) is 12.1. The molecular weight excluding hydrogens is 521 g/mol. The second-order valence-electron chi connectivity index (χ2n) is 8.47. The van der Waals surface area contributed by atoms with E-state index in [2.05, 4.69) is 5.32 Å². The molecule has 1 aliphatic heterocycles. The van der Waals surface area contributed by atoms with Crippen LogP contribution in [-0.2, 0) is 27.4 Å². The Morgan fingerprint density at radius 3 is 2.42 bits per heavy atom. The van der Waals surface area contributed by atoms with Gasteiger partial charge >= 0.3 is 11.9 Å². The molecule has 1 amide bonds. The largest absolute Gasteiger partial charge is 0.496 e. The van der Waals surface area contributed by atoms with Crippen molar-refractivity contribution >= 4 is 35.1 Å². The van der Waals surface area contributed by atoms with Crippen LogP contribution in [0.5, 0.6) is 23.0 Å². The first-order valence-electron chi connectivity index (χ1n) is 11.7. The van der Waals surface area contributed by atoms with Gasteiger partial charge in [0.1, 0.15) is 17.4 Å². The van der Waals surface area contributed by atoms with Crippen molar-refractivity contribution in [2.75, 3.05) is 33.3 Å². The smallest absolute Gasteiger partial charge is 0.341 e.